The standard InChI is InChI=1S/C11H15IN2O/c1-5-10(8-13-3)11(15)14(4)7-6-9(2)12/h6-8H,2-3,5H2,1,4H3/b7-6-,10-8-. The molecule has 0 aliphatic heterocycles. The molecule has 0 saturated carbocycles. The van der Waals surface area contributed by atoms with E-state index in [1.807, 2.05) is 6.92 Å². The fourth-order valence-electron chi connectivity index (χ4n) is 0.895. The van der Waals surface area contributed by atoms with E-state index >= 15 is 0 Å². The average Bonchev–Trinajstić information content (AvgIpc) is 2.21. The number of aliphatic imine (C=N–C) groups is 1. The van der Waals surface area contributed by atoms with E-state index in [-0.39, 0.29) is 5.91 Å². The van der Waals surface area contributed by atoms with Crippen molar-refractivity contribution in [1.29, 1.82) is 0 Å². The number of amides is 1. The molecule has 0 rings (SSSR count). The SMILES string of the molecule is C=N/C=C(/CC)C(=O)N(C)/C=C\C(=C)I. The molecule has 1 amide bonds. The predicted molar refractivity (Wildman–Crippen MR) is 73.0 cm³/mol. The number of likely N-dealkylation sites (N-methyl/N-ethyl adjacent to an activating group) is 1. The van der Waals surface area contributed by atoms with Crippen LogP contribution in [0.2, 0.25) is 0 Å². The maximum atomic E-state index is 11.8. The summed E-state index contributed by atoms with van der Waals surface area (Å²) in [5, 5.41) is 0. The monoisotopic (exact) mass is 318 g/mol. The third-order valence-electron chi connectivity index (χ3n) is 1.70. The molecule has 0 aromatic heterocycles. The van der Waals surface area contributed by atoms with Crippen molar-refractivity contribution in [3.05, 3.63) is 34.2 Å². The minimum absolute atomic E-state index is 0.0706. The summed E-state index contributed by atoms with van der Waals surface area (Å²) in [5.74, 6) is -0.0706. The summed E-state index contributed by atoms with van der Waals surface area (Å²) in [5.41, 5.74) is 0.635. The molecule has 0 bridgehead atoms. The molecule has 0 unspecified atom stereocenters. The first kappa shape index (κ1) is 14.1. The average molecular weight is 318 g/mol. The quantitative estimate of drug-likeness (QED) is 0.332. The second-order valence-electron chi connectivity index (χ2n) is 2.87. The summed E-state index contributed by atoms with van der Waals surface area (Å²) in [7, 11) is 1.70. The highest BCUT2D eigenvalue weighted by Crippen LogP contribution is 2.08. The summed E-state index contributed by atoms with van der Waals surface area (Å²) in [6.07, 6.45) is 5.59. The minimum Gasteiger partial charge on any atom is -0.318 e. The van der Waals surface area contributed by atoms with Crippen molar-refractivity contribution in [2.24, 2.45) is 4.99 Å². The van der Waals surface area contributed by atoms with E-state index in [1.54, 1.807) is 19.3 Å². The van der Waals surface area contributed by atoms with Gasteiger partial charge in [-0.05, 0) is 41.8 Å². The van der Waals surface area contributed by atoms with E-state index in [9.17, 15) is 4.79 Å². The van der Waals surface area contributed by atoms with Gasteiger partial charge >= 0.3 is 0 Å². The summed E-state index contributed by atoms with van der Waals surface area (Å²) < 4.78 is 0.871. The van der Waals surface area contributed by atoms with Gasteiger partial charge in [0.1, 0.15) is 0 Å². The van der Waals surface area contributed by atoms with Crippen LogP contribution in [0.15, 0.2) is 39.2 Å². The Balaban J connectivity index is 4.62. The van der Waals surface area contributed by atoms with Crippen LogP contribution in [-0.2, 0) is 4.79 Å². The first-order valence-electron chi connectivity index (χ1n) is 4.47. The molecule has 0 fully saturated rings. The van der Waals surface area contributed by atoms with Crippen LogP contribution in [0.25, 0.3) is 0 Å². The summed E-state index contributed by atoms with van der Waals surface area (Å²) >= 11 is 2.08. The number of rotatable bonds is 5. The number of carbonyl (C=O) groups is 1. The van der Waals surface area contributed by atoms with Crippen molar-refractivity contribution >= 4 is 35.2 Å². The normalized spacial score (nSPS) is 11.5. The molecule has 0 heterocycles. The third-order valence-corrected chi connectivity index (χ3v) is 2.06. The van der Waals surface area contributed by atoms with Crippen molar-refractivity contribution < 1.29 is 4.79 Å². The van der Waals surface area contributed by atoms with Crippen LogP contribution in [0, 0.1) is 0 Å². The van der Waals surface area contributed by atoms with Crippen LogP contribution >= 0.6 is 22.6 Å². The van der Waals surface area contributed by atoms with Gasteiger partial charge in [0.25, 0.3) is 5.91 Å². The number of hydrogen-bond acceptors (Lipinski definition) is 2. The molecule has 0 N–H and O–H groups in total. The zero-order valence-electron chi connectivity index (χ0n) is 9.03. The lowest BCUT2D eigenvalue weighted by atomic mass is 10.2. The first-order valence-corrected chi connectivity index (χ1v) is 5.55. The van der Waals surface area contributed by atoms with E-state index < -0.39 is 0 Å². The Morgan fingerprint density at radius 3 is 2.60 bits per heavy atom. The lowest BCUT2D eigenvalue weighted by Crippen LogP contribution is -2.22. The second kappa shape index (κ2) is 7.39. The third kappa shape index (κ3) is 5.51. The largest absolute Gasteiger partial charge is 0.318 e. The van der Waals surface area contributed by atoms with Crippen LogP contribution in [0.1, 0.15) is 13.3 Å². The molecule has 0 atom stereocenters. The van der Waals surface area contributed by atoms with Crippen LogP contribution in [-0.4, -0.2) is 24.6 Å². The van der Waals surface area contributed by atoms with Gasteiger partial charge in [0.15, 0.2) is 0 Å². The van der Waals surface area contributed by atoms with E-state index in [0.717, 1.165) is 3.58 Å². The summed E-state index contributed by atoms with van der Waals surface area (Å²) in [6.45, 7) is 8.95. The number of carbonyl (C=O) groups excluding carboxylic acids is 1. The predicted octanol–water partition coefficient (Wildman–Crippen LogP) is 2.90. The Morgan fingerprint density at radius 2 is 2.20 bits per heavy atom. The van der Waals surface area contributed by atoms with Crippen molar-refractivity contribution in [2.45, 2.75) is 13.3 Å². The number of allylic oxidation sites excluding steroid dienone is 2. The molecular formula is C11H15IN2O. The zero-order valence-corrected chi connectivity index (χ0v) is 11.2. The molecule has 0 aliphatic rings. The van der Waals surface area contributed by atoms with Crippen molar-refractivity contribution in [1.82, 2.24) is 4.90 Å². The Bertz CT molecular complexity index is 319. The van der Waals surface area contributed by atoms with Gasteiger partial charge in [-0.1, -0.05) is 13.5 Å². The molecule has 4 heteroatoms. The molecule has 0 aromatic carbocycles. The highest BCUT2D eigenvalue weighted by molar-refractivity contribution is 14.1. The van der Waals surface area contributed by atoms with Gasteiger partial charge in [-0.2, -0.15) is 0 Å². The van der Waals surface area contributed by atoms with Gasteiger partial charge in [0, 0.05) is 28.6 Å². The van der Waals surface area contributed by atoms with E-state index in [4.69, 9.17) is 0 Å². The van der Waals surface area contributed by atoms with Crippen molar-refractivity contribution in [2.75, 3.05) is 7.05 Å². The topological polar surface area (TPSA) is 32.7 Å². The smallest absolute Gasteiger partial charge is 0.255 e. The van der Waals surface area contributed by atoms with Crippen molar-refractivity contribution in [3.63, 3.8) is 0 Å². The van der Waals surface area contributed by atoms with Gasteiger partial charge in [0.2, 0.25) is 0 Å². The lowest BCUT2D eigenvalue weighted by molar-refractivity contribution is -0.123. The van der Waals surface area contributed by atoms with Gasteiger partial charge in [-0.15, -0.1) is 0 Å². The molecule has 15 heavy (non-hydrogen) atoms. The zero-order chi connectivity index (χ0) is 11.8. The maximum Gasteiger partial charge on any atom is 0.255 e. The number of halogens is 1. The van der Waals surface area contributed by atoms with Gasteiger partial charge < -0.3 is 4.90 Å². The molecule has 3 nitrogen and oxygen atoms in total. The molecule has 0 aliphatic carbocycles. The van der Waals surface area contributed by atoms with E-state index in [1.165, 1.54) is 11.1 Å². The maximum absolute atomic E-state index is 11.8. The number of nitrogens with zero attached hydrogens (tertiary/aromatic N) is 2. The highest BCUT2D eigenvalue weighted by Gasteiger charge is 2.10. The molecule has 0 saturated heterocycles. The Kier molecular flexibility index (Phi) is 6.94. The summed E-state index contributed by atoms with van der Waals surface area (Å²) in [4.78, 5) is 16.9. The van der Waals surface area contributed by atoms with Crippen LogP contribution in [0.3, 0.4) is 0 Å². The van der Waals surface area contributed by atoms with E-state index in [2.05, 4.69) is 40.9 Å². The van der Waals surface area contributed by atoms with Crippen molar-refractivity contribution in [3.8, 4) is 0 Å². The van der Waals surface area contributed by atoms with E-state index in [0.29, 0.717) is 12.0 Å². The fourth-order valence-corrected chi connectivity index (χ4v) is 1.06. The number of hydrogen-bond donors (Lipinski definition) is 0. The second-order valence-corrected chi connectivity index (χ2v) is 4.25. The highest BCUT2D eigenvalue weighted by atomic mass is 127. The van der Waals surface area contributed by atoms with Gasteiger partial charge in [0.05, 0.1) is 0 Å². The fraction of sp³-hybridized carbons (Fsp3) is 0.273. The minimum atomic E-state index is -0.0706. The molecular weight excluding hydrogens is 303 g/mol. The van der Waals surface area contributed by atoms with Crippen LogP contribution in [0.4, 0.5) is 0 Å². The Morgan fingerprint density at radius 1 is 1.60 bits per heavy atom. The lowest BCUT2D eigenvalue weighted by Gasteiger charge is -2.12. The molecule has 0 spiro atoms. The Labute approximate surface area is 104 Å². The summed E-state index contributed by atoms with van der Waals surface area (Å²) in [6, 6.07) is 0. The molecule has 0 radical (unpaired) electrons. The van der Waals surface area contributed by atoms with Gasteiger partial charge in [-0.3, -0.25) is 9.79 Å². The first-order chi connectivity index (χ1) is 7.02. The van der Waals surface area contributed by atoms with Crippen LogP contribution in [0.5, 0.6) is 0 Å². The van der Waals surface area contributed by atoms with Gasteiger partial charge in [-0.25, -0.2) is 0 Å². The van der Waals surface area contributed by atoms with Crippen LogP contribution < -0.4 is 0 Å². The Hall–Kier alpha value is -0.910. The molecule has 0 aromatic rings. The molecule has 82 valence electrons.